The van der Waals surface area contributed by atoms with Crippen LogP contribution >= 0.6 is 0 Å². The van der Waals surface area contributed by atoms with Gasteiger partial charge in [-0.05, 0) is 31.2 Å². The van der Waals surface area contributed by atoms with Crippen LogP contribution in [0.2, 0.25) is 0 Å². The lowest BCUT2D eigenvalue weighted by Crippen LogP contribution is -2.30. The van der Waals surface area contributed by atoms with Crippen molar-refractivity contribution in [1.82, 2.24) is 9.55 Å². The molecule has 0 aliphatic carbocycles. The molecule has 0 unspecified atom stereocenters. The summed E-state index contributed by atoms with van der Waals surface area (Å²) in [5, 5.41) is 2.48. The van der Waals surface area contributed by atoms with Gasteiger partial charge in [0.2, 0.25) is 5.91 Å². The van der Waals surface area contributed by atoms with Crippen LogP contribution < -0.4 is 10.9 Å². The lowest BCUT2D eigenvalue weighted by atomic mass is 10.2. The lowest BCUT2D eigenvalue weighted by molar-refractivity contribution is -0.116. The molecule has 1 amide bonds. The van der Waals surface area contributed by atoms with Gasteiger partial charge in [0, 0.05) is 0 Å². The highest BCUT2D eigenvalue weighted by Gasteiger charge is 2.12. The Kier molecular flexibility index (Phi) is 3.89. The van der Waals surface area contributed by atoms with Gasteiger partial charge >= 0.3 is 0 Å². The third kappa shape index (κ3) is 2.96. The topological polar surface area (TPSA) is 64.0 Å². The predicted octanol–water partition coefficient (Wildman–Crippen LogP) is 2.48. The molecule has 6 heteroatoms. The van der Waals surface area contributed by atoms with Gasteiger partial charge in [0.1, 0.15) is 18.1 Å². The molecule has 1 aromatic heterocycles. The fourth-order valence-electron chi connectivity index (χ4n) is 2.37. The minimum atomic E-state index is -0.524. The Hall–Kier alpha value is -3.02. The van der Waals surface area contributed by atoms with E-state index in [9.17, 15) is 14.0 Å². The van der Waals surface area contributed by atoms with E-state index in [2.05, 4.69) is 10.3 Å². The number of hydrogen-bond donors (Lipinski definition) is 1. The smallest absolute Gasteiger partial charge is 0.272 e. The van der Waals surface area contributed by atoms with Crippen LogP contribution in [0.15, 0.2) is 53.3 Å². The van der Waals surface area contributed by atoms with Crippen LogP contribution in [0.3, 0.4) is 0 Å². The number of hydrogen-bond acceptors (Lipinski definition) is 3. The van der Waals surface area contributed by atoms with Crippen molar-refractivity contribution in [3.05, 3.63) is 70.4 Å². The Bertz CT molecular complexity index is 950. The molecule has 3 rings (SSSR count). The highest BCUT2D eigenvalue weighted by atomic mass is 19.1. The van der Waals surface area contributed by atoms with E-state index in [-0.39, 0.29) is 17.8 Å². The highest BCUT2D eigenvalue weighted by molar-refractivity contribution is 5.91. The average Bonchev–Trinajstić information content (AvgIpc) is 2.54. The molecule has 0 saturated carbocycles. The number of aryl methyl sites for hydroxylation is 1. The Labute approximate surface area is 131 Å². The number of carbonyl (C=O) groups is 1. The third-order valence-electron chi connectivity index (χ3n) is 3.47. The van der Waals surface area contributed by atoms with Crippen molar-refractivity contribution in [1.29, 1.82) is 0 Å². The van der Waals surface area contributed by atoms with E-state index in [1.54, 1.807) is 31.2 Å². The number of benzene rings is 2. The second kappa shape index (κ2) is 6.00. The summed E-state index contributed by atoms with van der Waals surface area (Å²) in [6, 6.07) is 12.9. The normalized spacial score (nSPS) is 10.7. The fraction of sp³-hybridized carbons (Fsp3) is 0.118. The zero-order valence-electron chi connectivity index (χ0n) is 12.4. The first-order valence-corrected chi connectivity index (χ1v) is 7.07. The quantitative estimate of drug-likeness (QED) is 0.808. The molecule has 0 aliphatic heterocycles. The largest absolute Gasteiger partial charge is 0.322 e. The Morgan fingerprint density at radius 1 is 1.17 bits per heavy atom. The van der Waals surface area contributed by atoms with Crippen molar-refractivity contribution in [2.75, 3.05) is 5.32 Å². The summed E-state index contributed by atoms with van der Waals surface area (Å²) in [5.74, 6) is -1.00. The number of nitrogens with one attached hydrogen (secondary N) is 1. The number of para-hydroxylation sites is 3. The van der Waals surface area contributed by atoms with E-state index < -0.39 is 11.7 Å². The van der Waals surface area contributed by atoms with Crippen LogP contribution in [0.25, 0.3) is 11.0 Å². The van der Waals surface area contributed by atoms with Crippen LogP contribution in [0.5, 0.6) is 0 Å². The molecule has 2 aromatic carbocycles. The van der Waals surface area contributed by atoms with E-state index >= 15 is 0 Å². The van der Waals surface area contributed by atoms with Crippen LogP contribution in [0.1, 0.15) is 5.69 Å². The summed E-state index contributed by atoms with van der Waals surface area (Å²) >= 11 is 0. The SMILES string of the molecule is Cc1nc2ccccc2n(CC(=O)Nc2ccccc2F)c1=O. The Morgan fingerprint density at radius 3 is 2.65 bits per heavy atom. The van der Waals surface area contributed by atoms with Crippen molar-refractivity contribution < 1.29 is 9.18 Å². The number of carbonyl (C=O) groups excluding carboxylic acids is 1. The molecule has 0 radical (unpaired) electrons. The molecular weight excluding hydrogens is 297 g/mol. The number of aromatic nitrogens is 2. The number of nitrogens with zero attached hydrogens (tertiary/aromatic N) is 2. The molecule has 5 nitrogen and oxygen atoms in total. The second-order valence-electron chi connectivity index (χ2n) is 5.11. The van der Waals surface area contributed by atoms with E-state index in [0.717, 1.165) is 0 Å². The Morgan fingerprint density at radius 2 is 1.87 bits per heavy atom. The monoisotopic (exact) mass is 311 g/mol. The van der Waals surface area contributed by atoms with Crippen LogP contribution in [-0.2, 0) is 11.3 Å². The number of halogens is 1. The molecule has 0 bridgehead atoms. The van der Waals surface area contributed by atoms with Gasteiger partial charge in [0.15, 0.2) is 0 Å². The first-order valence-electron chi connectivity index (χ1n) is 7.07. The van der Waals surface area contributed by atoms with Gasteiger partial charge in [-0.3, -0.25) is 14.2 Å². The van der Waals surface area contributed by atoms with Gasteiger partial charge in [0.05, 0.1) is 16.7 Å². The van der Waals surface area contributed by atoms with E-state index in [4.69, 9.17) is 0 Å². The molecule has 23 heavy (non-hydrogen) atoms. The summed E-state index contributed by atoms with van der Waals surface area (Å²) < 4.78 is 14.9. The molecule has 0 spiro atoms. The third-order valence-corrected chi connectivity index (χ3v) is 3.47. The van der Waals surface area contributed by atoms with Gasteiger partial charge in [-0.15, -0.1) is 0 Å². The zero-order chi connectivity index (χ0) is 16.4. The van der Waals surface area contributed by atoms with Gasteiger partial charge < -0.3 is 5.32 Å². The predicted molar refractivity (Wildman–Crippen MR) is 85.8 cm³/mol. The van der Waals surface area contributed by atoms with E-state index in [1.165, 1.54) is 22.8 Å². The average molecular weight is 311 g/mol. The maximum atomic E-state index is 13.6. The van der Waals surface area contributed by atoms with Gasteiger partial charge in [-0.25, -0.2) is 9.37 Å². The van der Waals surface area contributed by atoms with Crippen molar-refractivity contribution in [3.63, 3.8) is 0 Å². The summed E-state index contributed by atoms with van der Waals surface area (Å²) in [7, 11) is 0. The molecule has 1 heterocycles. The summed E-state index contributed by atoms with van der Waals surface area (Å²) in [6.45, 7) is 1.39. The highest BCUT2D eigenvalue weighted by Crippen LogP contribution is 2.13. The van der Waals surface area contributed by atoms with E-state index in [0.29, 0.717) is 16.7 Å². The number of fused-ring (bicyclic) bond motifs is 1. The first kappa shape index (κ1) is 14.9. The molecule has 0 fully saturated rings. The molecule has 1 N–H and O–H groups in total. The molecular formula is C17H14FN3O2. The maximum absolute atomic E-state index is 13.6. The van der Waals surface area contributed by atoms with Crippen molar-refractivity contribution in [2.24, 2.45) is 0 Å². The van der Waals surface area contributed by atoms with Crippen molar-refractivity contribution in [3.8, 4) is 0 Å². The summed E-state index contributed by atoms with van der Waals surface area (Å²) in [4.78, 5) is 28.7. The van der Waals surface area contributed by atoms with Crippen molar-refractivity contribution in [2.45, 2.75) is 13.5 Å². The maximum Gasteiger partial charge on any atom is 0.272 e. The van der Waals surface area contributed by atoms with E-state index in [1.807, 2.05) is 6.07 Å². The van der Waals surface area contributed by atoms with Gasteiger partial charge in [0.25, 0.3) is 5.56 Å². The molecule has 3 aromatic rings. The van der Waals surface area contributed by atoms with Crippen LogP contribution in [0.4, 0.5) is 10.1 Å². The number of rotatable bonds is 3. The van der Waals surface area contributed by atoms with Crippen LogP contribution in [-0.4, -0.2) is 15.5 Å². The number of amides is 1. The minimum Gasteiger partial charge on any atom is -0.322 e. The molecule has 0 aliphatic rings. The Balaban J connectivity index is 1.95. The second-order valence-corrected chi connectivity index (χ2v) is 5.11. The fourth-order valence-corrected chi connectivity index (χ4v) is 2.37. The van der Waals surface area contributed by atoms with Crippen LogP contribution in [0, 0.1) is 12.7 Å². The first-order chi connectivity index (χ1) is 11.1. The summed E-state index contributed by atoms with van der Waals surface area (Å²) in [5.41, 5.74) is 1.24. The van der Waals surface area contributed by atoms with Gasteiger partial charge in [-0.2, -0.15) is 0 Å². The molecule has 116 valence electrons. The van der Waals surface area contributed by atoms with Crippen molar-refractivity contribution >= 4 is 22.6 Å². The summed E-state index contributed by atoms with van der Waals surface area (Å²) in [6.07, 6.45) is 0. The minimum absolute atomic E-state index is 0.0839. The standard InChI is InChI=1S/C17H14FN3O2/c1-11-17(23)21(15-9-5-4-8-14(15)19-11)10-16(22)20-13-7-3-2-6-12(13)18/h2-9H,10H2,1H3,(H,20,22). The zero-order valence-corrected chi connectivity index (χ0v) is 12.4. The van der Waals surface area contributed by atoms with Gasteiger partial charge in [-0.1, -0.05) is 24.3 Å². The number of anilines is 1. The molecule has 0 saturated heterocycles. The lowest BCUT2D eigenvalue weighted by Gasteiger charge is -2.11. The molecule has 0 atom stereocenters.